The van der Waals surface area contributed by atoms with Crippen LogP contribution >= 0.6 is 0 Å². The van der Waals surface area contributed by atoms with Gasteiger partial charge in [-0.05, 0) is 37.3 Å². The third-order valence-corrected chi connectivity index (χ3v) is 3.15. The van der Waals surface area contributed by atoms with Crippen LogP contribution in [0.3, 0.4) is 0 Å². The fourth-order valence-electron chi connectivity index (χ4n) is 2.10. The summed E-state index contributed by atoms with van der Waals surface area (Å²) in [7, 11) is 1.65. The van der Waals surface area contributed by atoms with Crippen molar-refractivity contribution in [3.8, 4) is 5.75 Å². The maximum atomic E-state index is 10.3. The van der Waals surface area contributed by atoms with Gasteiger partial charge in [0.25, 0.3) is 0 Å². The molecule has 0 heterocycles. The average molecular weight is 250 g/mol. The standard InChI is InChI=1S/C16H26O2/c1-12-8-9-15(18-5)13(11-12)14(17)7-6-10-16(2,3)4/h8-9,11,14,17H,6-7,10H2,1-5H3. The average Bonchev–Trinajstić information content (AvgIpc) is 2.27. The molecule has 0 saturated heterocycles. The monoisotopic (exact) mass is 250 g/mol. The lowest BCUT2D eigenvalue weighted by Gasteiger charge is -2.20. The van der Waals surface area contributed by atoms with Crippen molar-refractivity contribution in [2.75, 3.05) is 7.11 Å². The van der Waals surface area contributed by atoms with Gasteiger partial charge in [-0.1, -0.05) is 38.8 Å². The minimum Gasteiger partial charge on any atom is -0.496 e. The van der Waals surface area contributed by atoms with E-state index in [-0.39, 0.29) is 0 Å². The first kappa shape index (κ1) is 15.0. The number of ether oxygens (including phenoxy) is 1. The lowest BCUT2D eigenvalue weighted by atomic mass is 9.88. The molecule has 0 bridgehead atoms. The Morgan fingerprint density at radius 1 is 1.28 bits per heavy atom. The second-order valence-electron chi connectivity index (χ2n) is 6.21. The first-order valence-corrected chi connectivity index (χ1v) is 6.66. The maximum absolute atomic E-state index is 10.3. The van der Waals surface area contributed by atoms with Crippen LogP contribution in [-0.4, -0.2) is 12.2 Å². The maximum Gasteiger partial charge on any atom is 0.124 e. The molecule has 0 radical (unpaired) electrons. The van der Waals surface area contributed by atoms with Crippen molar-refractivity contribution >= 4 is 0 Å². The van der Waals surface area contributed by atoms with Crippen molar-refractivity contribution in [2.45, 2.75) is 53.1 Å². The Morgan fingerprint density at radius 2 is 1.94 bits per heavy atom. The van der Waals surface area contributed by atoms with Crippen LogP contribution in [0.15, 0.2) is 18.2 Å². The molecule has 102 valence electrons. The van der Waals surface area contributed by atoms with Gasteiger partial charge < -0.3 is 9.84 Å². The van der Waals surface area contributed by atoms with Gasteiger partial charge in [0.2, 0.25) is 0 Å². The second kappa shape index (κ2) is 6.24. The fraction of sp³-hybridized carbons (Fsp3) is 0.625. The van der Waals surface area contributed by atoms with Crippen LogP contribution in [0.2, 0.25) is 0 Å². The molecule has 0 aromatic heterocycles. The van der Waals surface area contributed by atoms with E-state index in [9.17, 15) is 5.11 Å². The predicted molar refractivity (Wildman–Crippen MR) is 76.0 cm³/mol. The van der Waals surface area contributed by atoms with E-state index in [0.29, 0.717) is 5.41 Å². The number of hydrogen-bond acceptors (Lipinski definition) is 2. The molecule has 0 saturated carbocycles. The number of aryl methyl sites for hydroxylation is 1. The molecule has 2 nitrogen and oxygen atoms in total. The Balaban J connectivity index is 2.66. The zero-order chi connectivity index (χ0) is 13.8. The van der Waals surface area contributed by atoms with Gasteiger partial charge in [0.1, 0.15) is 5.75 Å². The highest BCUT2D eigenvalue weighted by Crippen LogP contribution is 2.31. The normalized spacial score (nSPS) is 13.4. The number of benzene rings is 1. The van der Waals surface area contributed by atoms with E-state index in [4.69, 9.17) is 4.74 Å². The zero-order valence-electron chi connectivity index (χ0n) is 12.3. The van der Waals surface area contributed by atoms with Crippen LogP contribution in [0, 0.1) is 12.3 Å². The molecule has 18 heavy (non-hydrogen) atoms. The number of aliphatic hydroxyl groups excluding tert-OH is 1. The lowest BCUT2D eigenvalue weighted by Crippen LogP contribution is -2.07. The summed E-state index contributed by atoms with van der Waals surface area (Å²) in [4.78, 5) is 0. The second-order valence-corrected chi connectivity index (χ2v) is 6.21. The van der Waals surface area contributed by atoms with Gasteiger partial charge in [-0.15, -0.1) is 0 Å². The van der Waals surface area contributed by atoms with E-state index in [1.165, 1.54) is 0 Å². The van der Waals surface area contributed by atoms with Gasteiger partial charge in [-0.25, -0.2) is 0 Å². The van der Waals surface area contributed by atoms with Crippen LogP contribution in [0.4, 0.5) is 0 Å². The van der Waals surface area contributed by atoms with Crippen LogP contribution < -0.4 is 4.74 Å². The highest BCUT2D eigenvalue weighted by atomic mass is 16.5. The predicted octanol–water partition coefficient (Wildman–Crippen LogP) is 4.25. The van der Waals surface area contributed by atoms with Crippen molar-refractivity contribution in [3.63, 3.8) is 0 Å². The first-order chi connectivity index (χ1) is 8.33. The largest absolute Gasteiger partial charge is 0.496 e. The molecule has 1 unspecified atom stereocenters. The van der Waals surface area contributed by atoms with Gasteiger partial charge in [0, 0.05) is 5.56 Å². The van der Waals surface area contributed by atoms with Gasteiger partial charge >= 0.3 is 0 Å². The molecule has 1 rings (SSSR count). The summed E-state index contributed by atoms with van der Waals surface area (Å²) in [5.74, 6) is 0.781. The van der Waals surface area contributed by atoms with E-state index in [1.807, 2.05) is 25.1 Å². The minimum absolute atomic E-state index is 0.330. The first-order valence-electron chi connectivity index (χ1n) is 6.66. The molecule has 1 N–H and O–H groups in total. The van der Waals surface area contributed by atoms with Crippen molar-refractivity contribution < 1.29 is 9.84 Å². The van der Waals surface area contributed by atoms with Crippen LogP contribution in [0.1, 0.15) is 57.3 Å². The summed E-state index contributed by atoms with van der Waals surface area (Å²) < 4.78 is 5.31. The molecule has 0 amide bonds. The molecule has 0 spiro atoms. The Bertz CT molecular complexity index is 377. The molecule has 0 aliphatic heterocycles. The minimum atomic E-state index is -0.429. The molecule has 1 aromatic rings. The van der Waals surface area contributed by atoms with Crippen molar-refractivity contribution in [1.82, 2.24) is 0 Å². The van der Waals surface area contributed by atoms with Gasteiger partial charge in [-0.3, -0.25) is 0 Å². The van der Waals surface area contributed by atoms with E-state index in [0.717, 1.165) is 36.1 Å². The Kier molecular flexibility index (Phi) is 5.21. The van der Waals surface area contributed by atoms with E-state index in [2.05, 4.69) is 20.8 Å². The smallest absolute Gasteiger partial charge is 0.124 e. The summed E-state index contributed by atoms with van der Waals surface area (Å²) in [6, 6.07) is 5.95. The number of rotatable bonds is 5. The molecular weight excluding hydrogens is 224 g/mol. The summed E-state index contributed by atoms with van der Waals surface area (Å²) in [5.41, 5.74) is 2.39. The molecule has 0 aliphatic carbocycles. The van der Waals surface area contributed by atoms with Gasteiger partial charge in [0.05, 0.1) is 13.2 Å². The third-order valence-electron chi connectivity index (χ3n) is 3.15. The van der Waals surface area contributed by atoms with E-state index >= 15 is 0 Å². The van der Waals surface area contributed by atoms with Crippen LogP contribution in [0.25, 0.3) is 0 Å². The molecular formula is C16H26O2. The Labute approximate surface area is 111 Å². The van der Waals surface area contributed by atoms with Crippen molar-refractivity contribution in [2.24, 2.45) is 5.41 Å². The molecule has 1 atom stereocenters. The van der Waals surface area contributed by atoms with Crippen LogP contribution in [-0.2, 0) is 0 Å². The number of methoxy groups -OCH3 is 1. The van der Waals surface area contributed by atoms with Crippen LogP contribution in [0.5, 0.6) is 5.75 Å². The highest BCUT2D eigenvalue weighted by Gasteiger charge is 2.15. The molecule has 2 heteroatoms. The van der Waals surface area contributed by atoms with Crippen molar-refractivity contribution in [3.05, 3.63) is 29.3 Å². The summed E-state index contributed by atoms with van der Waals surface area (Å²) in [5, 5.41) is 10.3. The van der Waals surface area contributed by atoms with E-state index < -0.39 is 6.10 Å². The molecule has 0 fully saturated rings. The topological polar surface area (TPSA) is 29.5 Å². The fourth-order valence-corrected chi connectivity index (χ4v) is 2.10. The third kappa shape index (κ3) is 4.69. The quantitative estimate of drug-likeness (QED) is 0.846. The van der Waals surface area contributed by atoms with Gasteiger partial charge in [0.15, 0.2) is 0 Å². The summed E-state index contributed by atoms with van der Waals surface area (Å²) in [6.45, 7) is 8.72. The zero-order valence-corrected chi connectivity index (χ0v) is 12.3. The van der Waals surface area contributed by atoms with Gasteiger partial charge in [-0.2, -0.15) is 0 Å². The van der Waals surface area contributed by atoms with Crippen molar-refractivity contribution in [1.29, 1.82) is 0 Å². The number of aliphatic hydroxyl groups is 1. The van der Waals surface area contributed by atoms with E-state index in [1.54, 1.807) is 7.11 Å². The lowest BCUT2D eigenvalue weighted by molar-refractivity contribution is 0.154. The SMILES string of the molecule is COc1ccc(C)cc1C(O)CCCC(C)(C)C. The summed E-state index contributed by atoms with van der Waals surface area (Å²) >= 11 is 0. The number of hydrogen-bond donors (Lipinski definition) is 1. The summed E-state index contributed by atoms with van der Waals surface area (Å²) in [6.07, 6.45) is 2.51. The highest BCUT2D eigenvalue weighted by molar-refractivity contribution is 5.38. The molecule has 0 aliphatic rings. The Hall–Kier alpha value is -1.02. The Morgan fingerprint density at radius 3 is 2.50 bits per heavy atom. The molecule has 1 aromatic carbocycles.